The highest BCUT2D eigenvalue weighted by atomic mass is 32.1. The molecule has 0 aliphatic rings. The molecule has 2 aromatic heterocycles. The third kappa shape index (κ3) is 2.29. The number of imidazole rings is 1. The van der Waals surface area contributed by atoms with Crippen molar-refractivity contribution in [2.75, 3.05) is 0 Å². The van der Waals surface area contributed by atoms with Crippen LogP contribution < -0.4 is 0 Å². The molecule has 0 unspecified atom stereocenters. The fourth-order valence-electron chi connectivity index (χ4n) is 1.80. The Morgan fingerprint density at radius 2 is 2.19 bits per heavy atom. The van der Waals surface area contributed by atoms with Crippen LogP contribution in [-0.4, -0.2) is 19.5 Å². The van der Waals surface area contributed by atoms with E-state index in [2.05, 4.69) is 26.4 Å². The summed E-state index contributed by atoms with van der Waals surface area (Å²) < 4.78 is 2.72. The van der Waals surface area contributed by atoms with E-state index in [0.717, 1.165) is 17.7 Å². The number of rotatable bonds is 5. The second kappa shape index (κ2) is 5.21. The number of unbranched alkanes of at least 4 members (excludes halogenated alkanes) is 3. The van der Waals surface area contributed by atoms with Gasteiger partial charge in [-0.3, -0.25) is 0 Å². The summed E-state index contributed by atoms with van der Waals surface area (Å²) in [5.74, 6) is 0. The number of nitrogens with zero attached hydrogens (tertiary/aromatic N) is 3. The van der Waals surface area contributed by atoms with Gasteiger partial charge in [-0.15, -0.1) is 0 Å². The van der Waals surface area contributed by atoms with Crippen LogP contribution in [0.5, 0.6) is 0 Å². The van der Waals surface area contributed by atoms with Crippen LogP contribution in [0.15, 0.2) is 12.7 Å². The molecule has 0 aliphatic heterocycles. The molecule has 2 rings (SSSR count). The monoisotopic (exact) mass is 236 g/mol. The van der Waals surface area contributed by atoms with Gasteiger partial charge in [-0.25, -0.2) is 9.97 Å². The fourth-order valence-corrected chi connectivity index (χ4v) is 2.07. The van der Waals surface area contributed by atoms with E-state index in [9.17, 15) is 0 Å². The summed E-state index contributed by atoms with van der Waals surface area (Å²) in [6, 6.07) is 0. The topological polar surface area (TPSA) is 46.5 Å². The van der Waals surface area contributed by atoms with Gasteiger partial charge in [-0.1, -0.05) is 38.4 Å². The summed E-state index contributed by atoms with van der Waals surface area (Å²) in [6.45, 7) is 3.19. The van der Waals surface area contributed by atoms with E-state index in [1.54, 1.807) is 6.33 Å². The zero-order valence-electron chi connectivity index (χ0n) is 9.44. The van der Waals surface area contributed by atoms with Gasteiger partial charge >= 0.3 is 0 Å². The molecule has 0 spiro atoms. The summed E-state index contributed by atoms with van der Waals surface area (Å²) in [6.07, 6.45) is 8.41. The maximum Gasteiger partial charge on any atom is 0.160 e. The van der Waals surface area contributed by atoms with Gasteiger partial charge in [0, 0.05) is 6.54 Å². The van der Waals surface area contributed by atoms with Crippen molar-refractivity contribution in [3.05, 3.63) is 17.3 Å². The molecule has 86 valence electrons. The summed E-state index contributed by atoms with van der Waals surface area (Å²) in [5.41, 5.74) is 1.78. The zero-order chi connectivity index (χ0) is 11.4. The number of fused-ring (bicyclic) bond motifs is 1. The van der Waals surface area contributed by atoms with Crippen molar-refractivity contribution in [1.29, 1.82) is 0 Å². The number of aromatic amines is 1. The van der Waals surface area contributed by atoms with Crippen LogP contribution in [0.4, 0.5) is 0 Å². The van der Waals surface area contributed by atoms with Crippen molar-refractivity contribution in [3.63, 3.8) is 0 Å². The predicted molar refractivity (Wildman–Crippen MR) is 66.9 cm³/mol. The first-order valence-corrected chi connectivity index (χ1v) is 6.12. The lowest BCUT2D eigenvalue weighted by Gasteiger charge is -2.03. The SMILES string of the molecule is CCCCCCn1cnc2[nH]cnc(=S)c21. The van der Waals surface area contributed by atoms with E-state index in [1.807, 2.05) is 6.33 Å². The Labute approximate surface area is 99.7 Å². The number of aromatic nitrogens is 4. The van der Waals surface area contributed by atoms with Crippen molar-refractivity contribution in [2.45, 2.75) is 39.2 Å². The smallest absolute Gasteiger partial charge is 0.160 e. The molecule has 4 nitrogen and oxygen atoms in total. The van der Waals surface area contributed by atoms with Gasteiger partial charge in [0.25, 0.3) is 0 Å². The van der Waals surface area contributed by atoms with E-state index in [1.165, 1.54) is 25.7 Å². The number of hydrogen-bond acceptors (Lipinski definition) is 3. The second-order valence-corrected chi connectivity index (χ2v) is 4.29. The molecule has 5 heteroatoms. The molecule has 1 N–H and O–H groups in total. The Kier molecular flexibility index (Phi) is 3.66. The summed E-state index contributed by atoms with van der Waals surface area (Å²) in [7, 11) is 0. The van der Waals surface area contributed by atoms with Gasteiger partial charge in [0.2, 0.25) is 0 Å². The Morgan fingerprint density at radius 1 is 1.31 bits per heavy atom. The maximum atomic E-state index is 5.20. The van der Waals surface area contributed by atoms with Gasteiger partial charge in [-0.05, 0) is 6.42 Å². The first-order chi connectivity index (χ1) is 7.83. The average Bonchev–Trinajstić information content (AvgIpc) is 2.69. The van der Waals surface area contributed by atoms with Gasteiger partial charge in [0.15, 0.2) is 10.3 Å². The highest BCUT2D eigenvalue weighted by molar-refractivity contribution is 7.71. The van der Waals surface area contributed by atoms with Gasteiger partial charge in [0.1, 0.15) is 5.52 Å². The molecule has 2 heterocycles. The van der Waals surface area contributed by atoms with Crippen molar-refractivity contribution < 1.29 is 0 Å². The number of hydrogen-bond donors (Lipinski definition) is 1. The molecule has 0 aromatic carbocycles. The second-order valence-electron chi connectivity index (χ2n) is 3.90. The van der Waals surface area contributed by atoms with E-state index < -0.39 is 0 Å². The molecule has 0 amide bonds. The molecule has 16 heavy (non-hydrogen) atoms. The summed E-state index contributed by atoms with van der Waals surface area (Å²) >= 11 is 5.20. The number of nitrogens with one attached hydrogen (secondary N) is 1. The molecular formula is C11H16N4S. The first-order valence-electron chi connectivity index (χ1n) is 5.71. The van der Waals surface area contributed by atoms with Crippen molar-refractivity contribution in [2.24, 2.45) is 0 Å². The summed E-state index contributed by atoms with van der Waals surface area (Å²) in [4.78, 5) is 11.4. The summed E-state index contributed by atoms with van der Waals surface area (Å²) in [5, 5.41) is 0. The molecular weight excluding hydrogens is 220 g/mol. The highest BCUT2D eigenvalue weighted by Gasteiger charge is 2.04. The van der Waals surface area contributed by atoms with Crippen LogP contribution >= 0.6 is 12.2 Å². The van der Waals surface area contributed by atoms with Crippen LogP contribution in [0.3, 0.4) is 0 Å². The molecule has 0 atom stereocenters. The van der Waals surface area contributed by atoms with Crippen LogP contribution in [0.1, 0.15) is 32.6 Å². The van der Waals surface area contributed by atoms with E-state index in [-0.39, 0.29) is 0 Å². The molecule has 0 saturated carbocycles. The minimum absolute atomic E-state index is 0.627. The van der Waals surface area contributed by atoms with E-state index in [4.69, 9.17) is 12.2 Å². The molecule has 2 aromatic rings. The number of aryl methyl sites for hydroxylation is 1. The minimum Gasteiger partial charge on any atom is -0.329 e. The Hall–Kier alpha value is -1.23. The van der Waals surface area contributed by atoms with Gasteiger partial charge in [-0.2, -0.15) is 0 Å². The quantitative estimate of drug-likeness (QED) is 0.641. The standard InChI is InChI=1S/C11H16N4S/c1-2-3-4-5-6-15-8-14-10-9(15)11(16)13-7-12-10/h7-8H,2-6H2,1H3,(H,12,13,16). The van der Waals surface area contributed by atoms with Crippen molar-refractivity contribution >= 4 is 23.4 Å². The van der Waals surface area contributed by atoms with Crippen molar-refractivity contribution in [1.82, 2.24) is 19.5 Å². The largest absolute Gasteiger partial charge is 0.329 e. The van der Waals surface area contributed by atoms with E-state index in [0.29, 0.717) is 4.64 Å². The van der Waals surface area contributed by atoms with Gasteiger partial charge < -0.3 is 9.55 Å². The Morgan fingerprint density at radius 3 is 3.00 bits per heavy atom. The predicted octanol–water partition coefficient (Wildman–Crippen LogP) is 3.07. The normalized spacial score (nSPS) is 11.1. The third-order valence-electron chi connectivity index (χ3n) is 2.68. The average molecular weight is 236 g/mol. The van der Waals surface area contributed by atoms with Gasteiger partial charge in [0.05, 0.1) is 12.7 Å². The highest BCUT2D eigenvalue weighted by Crippen LogP contribution is 2.11. The Bertz CT molecular complexity index is 514. The van der Waals surface area contributed by atoms with Crippen LogP contribution in [0.25, 0.3) is 11.2 Å². The van der Waals surface area contributed by atoms with Crippen LogP contribution in [0, 0.1) is 4.64 Å². The lowest BCUT2D eigenvalue weighted by molar-refractivity contribution is 0.590. The molecule has 0 aliphatic carbocycles. The third-order valence-corrected chi connectivity index (χ3v) is 2.97. The lowest BCUT2D eigenvalue weighted by Crippen LogP contribution is -1.97. The lowest BCUT2D eigenvalue weighted by atomic mass is 10.2. The van der Waals surface area contributed by atoms with Crippen LogP contribution in [0.2, 0.25) is 0 Å². The first kappa shape index (κ1) is 11.3. The Balaban J connectivity index is 2.15. The maximum absolute atomic E-state index is 5.20. The molecule has 0 fully saturated rings. The van der Waals surface area contributed by atoms with Crippen molar-refractivity contribution in [3.8, 4) is 0 Å². The molecule has 0 saturated heterocycles. The molecule has 0 bridgehead atoms. The minimum atomic E-state index is 0.627. The fraction of sp³-hybridized carbons (Fsp3) is 0.545. The van der Waals surface area contributed by atoms with Crippen LogP contribution in [-0.2, 0) is 6.54 Å². The molecule has 0 radical (unpaired) electrons. The van der Waals surface area contributed by atoms with E-state index >= 15 is 0 Å². The number of H-pyrrole nitrogens is 1. The zero-order valence-corrected chi connectivity index (χ0v) is 10.3.